The number of nitrogens with one attached hydrogen (secondary N) is 1. The van der Waals surface area contributed by atoms with Gasteiger partial charge in [0, 0.05) is 14.1 Å². The Morgan fingerprint density at radius 1 is 1.53 bits per heavy atom. The fourth-order valence-electron chi connectivity index (χ4n) is 0.798. The van der Waals surface area contributed by atoms with Gasteiger partial charge in [-0.2, -0.15) is 4.37 Å². The van der Waals surface area contributed by atoms with Gasteiger partial charge in [-0.1, -0.05) is 0 Å². The van der Waals surface area contributed by atoms with Crippen LogP contribution in [0.4, 0.5) is 9.80 Å². The molecule has 0 spiro atoms. The predicted molar refractivity (Wildman–Crippen MR) is 55.0 cm³/mol. The summed E-state index contributed by atoms with van der Waals surface area (Å²) in [6.45, 7) is 0. The van der Waals surface area contributed by atoms with Gasteiger partial charge in [-0.05, 0) is 11.5 Å². The maximum absolute atomic E-state index is 11.3. The van der Waals surface area contributed by atoms with Crippen molar-refractivity contribution in [2.45, 2.75) is 0 Å². The molecule has 0 bridgehead atoms. The van der Waals surface area contributed by atoms with E-state index in [9.17, 15) is 14.7 Å². The smallest absolute Gasteiger partial charge is 0.321 e. The first-order valence-corrected chi connectivity index (χ1v) is 4.67. The SMILES string of the molecule is CN(C)C(=O)Nc1snc(O)c1C(N)=O. The Labute approximate surface area is 89.7 Å². The van der Waals surface area contributed by atoms with Crippen molar-refractivity contribution in [1.29, 1.82) is 0 Å². The van der Waals surface area contributed by atoms with Crippen LogP contribution in [-0.4, -0.2) is 40.4 Å². The molecular formula is C7H10N4O3S. The van der Waals surface area contributed by atoms with Crippen molar-refractivity contribution in [3.8, 4) is 5.88 Å². The lowest BCUT2D eigenvalue weighted by Gasteiger charge is -2.10. The van der Waals surface area contributed by atoms with Gasteiger partial charge in [0.2, 0.25) is 5.88 Å². The number of hydrogen-bond donors (Lipinski definition) is 3. The second kappa shape index (κ2) is 4.13. The molecule has 0 fully saturated rings. The van der Waals surface area contributed by atoms with Crippen LogP contribution in [0.1, 0.15) is 10.4 Å². The highest BCUT2D eigenvalue weighted by Gasteiger charge is 2.20. The van der Waals surface area contributed by atoms with E-state index in [-0.39, 0.29) is 10.6 Å². The van der Waals surface area contributed by atoms with Gasteiger partial charge in [0.15, 0.2) is 0 Å². The fraction of sp³-hybridized carbons (Fsp3) is 0.286. The van der Waals surface area contributed by atoms with E-state index in [1.165, 1.54) is 4.90 Å². The molecule has 1 heterocycles. The lowest BCUT2D eigenvalue weighted by atomic mass is 10.3. The largest absolute Gasteiger partial charge is 0.492 e. The molecule has 0 radical (unpaired) electrons. The number of anilines is 1. The number of nitrogens with zero attached hydrogens (tertiary/aromatic N) is 2. The average Bonchev–Trinajstić information content (AvgIpc) is 2.46. The molecule has 0 saturated carbocycles. The lowest BCUT2D eigenvalue weighted by molar-refractivity contribution is 0.0998. The third-order valence-electron chi connectivity index (χ3n) is 1.55. The molecule has 1 aromatic rings. The first-order chi connectivity index (χ1) is 6.93. The summed E-state index contributed by atoms with van der Waals surface area (Å²) in [4.78, 5) is 23.5. The first-order valence-electron chi connectivity index (χ1n) is 3.90. The van der Waals surface area contributed by atoms with Crippen molar-refractivity contribution < 1.29 is 14.7 Å². The number of carbonyl (C=O) groups excluding carboxylic acids is 2. The van der Waals surface area contributed by atoms with Gasteiger partial charge in [0.05, 0.1) is 0 Å². The second-order valence-corrected chi connectivity index (χ2v) is 3.67. The van der Waals surface area contributed by atoms with Crippen LogP contribution in [-0.2, 0) is 0 Å². The van der Waals surface area contributed by atoms with Crippen LogP contribution in [0.3, 0.4) is 0 Å². The Kier molecular flexibility index (Phi) is 3.10. The summed E-state index contributed by atoms with van der Waals surface area (Å²) >= 11 is 0.791. The number of urea groups is 1. The van der Waals surface area contributed by atoms with E-state index in [0.717, 1.165) is 11.5 Å². The van der Waals surface area contributed by atoms with Crippen LogP contribution in [0.15, 0.2) is 0 Å². The van der Waals surface area contributed by atoms with E-state index >= 15 is 0 Å². The van der Waals surface area contributed by atoms with Gasteiger partial charge in [0.1, 0.15) is 10.6 Å². The molecular weight excluding hydrogens is 220 g/mol. The minimum Gasteiger partial charge on any atom is -0.492 e. The van der Waals surface area contributed by atoms with Gasteiger partial charge >= 0.3 is 6.03 Å². The number of amides is 3. The van der Waals surface area contributed by atoms with E-state index in [0.29, 0.717) is 0 Å². The summed E-state index contributed by atoms with van der Waals surface area (Å²) in [7, 11) is 3.08. The van der Waals surface area contributed by atoms with Crippen molar-refractivity contribution in [1.82, 2.24) is 9.27 Å². The van der Waals surface area contributed by atoms with E-state index < -0.39 is 17.8 Å². The van der Waals surface area contributed by atoms with Crippen LogP contribution in [0.5, 0.6) is 5.88 Å². The highest BCUT2D eigenvalue weighted by atomic mass is 32.1. The monoisotopic (exact) mass is 230 g/mol. The van der Waals surface area contributed by atoms with Crippen molar-refractivity contribution in [3.63, 3.8) is 0 Å². The summed E-state index contributed by atoms with van der Waals surface area (Å²) in [5.41, 5.74) is 4.84. The van der Waals surface area contributed by atoms with Gasteiger partial charge in [0.25, 0.3) is 5.91 Å². The number of rotatable bonds is 2. The molecule has 15 heavy (non-hydrogen) atoms. The average molecular weight is 230 g/mol. The Bertz CT molecular complexity index is 401. The molecule has 1 aromatic heterocycles. The Morgan fingerprint density at radius 3 is 2.60 bits per heavy atom. The molecule has 4 N–H and O–H groups in total. The second-order valence-electron chi connectivity index (χ2n) is 2.90. The van der Waals surface area contributed by atoms with E-state index in [4.69, 9.17) is 5.73 Å². The van der Waals surface area contributed by atoms with Crippen molar-refractivity contribution in [3.05, 3.63) is 5.56 Å². The van der Waals surface area contributed by atoms with E-state index in [2.05, 4.69) is 9.69 Å². The topological polar surface area (TPSA) is 109 Å². The fourth-order valence-corrected chi connectivity index (χ4v) is 1.48. The van der Waals surface area contributed by atoms with Crippen LogP contribution < -0.4 is 11.1 Å². The van der Waals surface area contributed by atoms with Crippen LogP contribution >= 0.6 is 11.5 Å². The van der Waals surface area contributed by atoms with E-state index in [1.807, 2.05) is 0 Å². The molecule has 0 aliphatic heterocycles. The standard InChI is InChI=1S/C7H10N4O3S/c1-11(2)7(14)9-6-3(4(8)12)5(13)10-15-6/h1-2H3,(H2,8,12)(H,9,14)(H,10,13). The Morgan fingerprint density at radius 2 is 2.13 bits per heavy atom. The highest BCUT2D eigenvalue weighted by molar-refractivity contribution is 7.11. The van der Waals surface area contributed by atoms with Crippen LogP contribution in [0.25, 0.3) is 0 Å². The van der Waals surface area contributed by atoms with Crippen molar-refractivity contribution in [2.75, 3.05) is 19.4 Å². The van der Waals surface area contributed by atoms with Crippen LogP contribution in [0, 0.1) is 0 Å². The Balaban J connectivity index is 2.96. The number of primary amides is 1. The normalized spacial score (nSPS) is 9.73. The third kappa shape index (κ3) is 2.34. The minimum absolute atomic E-state index is 0.138. The predicted octanol–water partition coefficient (Wildman–Crippen LogP) is 0.0411. The van der Waals surface area contributed by atoms with Gasteiger partial charge in [-0.15, -0.1) is 0 Å². The molecule has 8 heteroatoms. The summed E-state index contributed by atoms with van der Waals surface area (Å²) in [5, 5.41) is 11.7. The molecule has 0 aliphatic carbocycles. The molecule has 0 aliphatic rings. The number of aromatic hydroxyl groups is 1. The molecule has 0 saturated heterocycles. The molecule has 3 amide bonds. The van der Waals surface area contributed by atoms with E-state index in [1.54, 1.807) is 14.1 Å². The molecule has 0 aromatic carbocycles. The minimum atomic E-state index is -0.838. The molecule has 0 unspecified atom stereocenters. The van der Waals surface area contributed by atoms with Crippen molar-refractivity contribution in [2.24, 2.45) is 5.73 Å². The molecule has 82 valence electrons. The summed E-state index contributed by atoms with van der Waals surface area (Å²) < 4.78 is 3.51. The maximum atomic E-state index is 11.3. The first kappa shape index (κ1) is 11.2. The molecule has 7 nitrogen and oxygen atoms in total. The summed E-state index contributed by atoms with van der Waals surface area (Å²) in [6.07, 6.45) is 0. The molecule has 1 rings (SSSR count). The maximum Gasteiger partial charge on any atom is 0.321 e. The highest BCUT2D eigenvalue weighted by Crippen LogP contribution is 2.28. The number of hydrogen-bond acceptors (Lipinski definition) is 5. The Hall–Kier alpha value is -1.83. The number of nitrogens with two attached hydrogens (primary N) is 1. The zero-order valence-electron chi connectivity index (χ0n) is 8.14. The number of aromatic nitrogens is 1. The third-order valence-corrected chi connectivity index (χ3v) is 2.30. The van der Waals surface area contributed by atoms with Gasteiger partial charge < -0.3 is 15.7 Å². The van der Waals surface area contributed by atoms with Gasteiger partial charge in [-0.3, -0.25) is 10.1 Å². The summed E-state index contributed by atoms with van der Waals surface area (Å²) in [6, 6.07) is -0.429. The summed E-state index contributed by atoms with van der Waals surface area (Å²) in [5.74, 6) is -1.31. The van der Waals surface area contributed by atoms with Crippen LogP contribution in [0.2, 0.25) is 0 Å². The lowest BCUT2D eigenvalue weighted by Crippen LogP contribution is -2.28. The quantitative estimate of drug-likeness (QED) is 0.666. The van der Waals surface area contributed by atoms with Gasteiger partial charge in [-0.25, -0.2) is 4.79 Å². The van der Waals surface area contributed by atoms with Crippen molar-refractivity contribution >= 4 is 28.5 Å². The number of carbonyl (C=O) groups is 2. The zero-order valence-corrected chi connectivity index (χ0v) is 8.96. The zero-order chi connectivity index (χ0) is 11.6. The molecule has 0 atom stereocenters.